The smallest absolute Gasteiger partial charge is 0.227 e. The van der Waals surface area contributed by atoms with Crippen molar-refractivity contribution in [3.8, 4) is 0 Å². The van der Waals surface area contributed by atoms with Crippen molar-refractivity contribution in [2.75, 3.05) is 6.54 Å². The van der Waals surface area contributed by atoms with Crippen molar-refractivity contribution < 1.29 is 4.52 Å². The Balaban J connectivity index is 1.80. The molecule has 4 heteroatoms. The van der Waals surface area contributed by atoms with Gasteiger partial charge in [0.2, 0.25) is 5.89 Å². The normalized spacial score (nSPS) is 10.7. The molecule has 0 atom stereocenters. The van der Waals surface area contributed by atoms with Gasteiger partial charge >= 0.3 is 0 Å². The molecule has 1 heterocycles. The Morgan fingerprint density at radius 1 is 1.29 bits per heavy atom. The summed E-state index contributed by atoms with van der Waals surface area (Å²) in [7, 11) is 0. The highest BCUT2D eigenvalue weighted by molar-refractivity contribution is 5.30. The third-order valence-corrected chi connectivity index (χ3v) is 2.74. The first kappa shape index (κ1) is 11.8. The molecule has 0 bridgehead atoms. The summed E-state index contributed by atoms with van der Waals surface area (Å²) in [6.07, 6.45) is 2.20. The van der Waals surface area contributed by atoms with Crippen molar-refractivity contribution in [2.24, 2.45) is 0 Å². The number of benzene rings is 1. The Bertz CT molecular complexity index is 466. The first-order valence-electron chi connectivity index (χ1n) is 5.78. The summed E-state index contributed by atoms with van der Waals surface area (Å²) in [6, 6.07) is 6.51. The first-order valence-corrected chi connectivity index (χ1v) is 5.78. The van der Waals surface area contributed by atoms with Crippen LogP contribution in [0.2, 0.25) is 0 Å². The molecule has 0 saturated carbocycles. The molecule has 0 spiro atoms. The molecular weight excluding hydrogens is 214 g/mol. The maximum absolute atomic E-state index is 4.93. The number of aromatic nitrogens is 2. The fraction of sp³-hybridized carbons (Fsp3) is 0.385. The minimum Gasteiger partial charge on any atom is -0.340 e. The van der Waals surface area contributed by atoms with Gasteiger partial charge in [0.25, 0.3) is 0 Å². The summed E-state index contributed by atoms with van der Waals surface area (Å²) < 4.78 is 4.93. The van der Waals surface area contributed by atoms with E-state index in [1.54, 1.807) is 0 Å². The van der Waals surface area contributed by atoms with Crippen LogP contribution >= 0.6 is 0 Å². The van der Waals surface area contributed by atoms with Gasteiger partial charge in [-0.2, -0.15) is 4.98 Å². The van der Waals surface area contributed by atoms with E-state index in [1.165, 1.54) is 23.0 Å². The lowest BCUT2D eigenvalue weighted by Crippen LogP contribution is -2.17. The summed E-state index contributed by atoms with van der Waals surface area (Å²) in [5.41, 5.74) is 3.96. The Labute approximate surface area is 101 Å². The van der Waals surface area contributed by atoms with E-state index in [4.69, 9.17) is 4.52 Å². The van der Waals surface area contributed by atoms with E-state index in [0.29, 0.717) is 5.89 Å². The van der Waals surface area contributed by atoms with Gasteiger partial charge < -0.3 is 9.84 Å². The summed E-state index contributed by atoms with van der Waals surface area (Å²) >= 11 is 0. The number of nitrogens with zero attached hydrogens (tertiary/aromatic N) is 2. The van der Waals surface area contributed by atoms with Gasteiger partial charge in [0.15, 0.2) is 6.33 Å². The van der Waals surface area contributed by atoms with Crippen LogP contribution in [-0.2, 0) is 13.0 Å². The van der Waals surface area contributed by atoms with E-state index in [2.05, 4.69) is 47.5 Å². The Morgan fingerprint density at radius 3 is 2.94 bits per heavy atom. The summed E-state index contributed by atoms with van der Waals surface area (Å²) in [4.78, 5) is 3.97. The predicted molar refractivity (Wildman–Crippen MR) is 65.6 cm³/mol. The summed E-state index contributed by atoms with van der Waals surface area (Å²) in [5.74, 6) is 0.679. The molecule has 4 nitrogen and oxygen atoms in total. The molecular formula is C13H17N3O. The van der Waals surface area contributed by atoms with E-state index in [9.17, 15) is 0 Å². The largest absolute Gasteiger partial charge is 0.340 e. The van der Waals surface area contributed by atoms with E-state index >= 15 is 0 Å². The highest BCUT2D eigenvalue weighted by Crippen LogP contribution is 2.10. The van der Waals surface area contributed by atoms with Crippen molar-refractivity contribution in [1.82, 2.24) is 15.5 Å². The third kappa shape index (κ3) is 3.39. The van der Waals surface area contributed by atoms with E-state index in [1.807, 2.05) is 0 Å². The van der Waals surface area contributed by atoms with Crippen molar-refractivity contribution in [3.63, 3.8) is 0 Å². The fourth-order valence-electron chi connectivity index (χ4n) is 1.72. The lowest BCUT2D eigenvalue weighted by Gasteiger charge is -2.07. The first-order chi connectivity index (χ1) is 8.25. The molecule has 0 fully saturated rings. The van der Waals surface area contributed by atoms with Crippen LogP contribution in [0.25, 0.3) is 0 Å². The van der Waals surface area contributed by atoms with E-state index < -0.39 is 0 Å². The lowest BCUT2D eigenvalue weighted by atomic mass is 10.1. The van der Waals surface area contributed by atoms with Gasteiger partial charge in [-0.25, -0.2) is 0 Å². The van der Waals surface area contributed by atoms with Crippen LogP contribution in [0.15, 0.2) is 29.0 Å². The van der Waals surface area contributed by atoms with Crippen LogP contribution < -0.4 is 5.32 Å². The monoisotopic (exact) mass is 231 g/mol. The fourth-order valence-corrected chi connectivity index (χ4v) is 1.72. The molecule has 1 N–H and O–H groups in total. The quantitative estimate of drug-likeness (QED) is 0.800. The standard InChI is InChI=1S/C13H17N3O/c1-10-3-4-11(2)12(7-10)8-14-6-5-13-15-9-16-17-13/h3-4,7,9,14H,5-6,8H2,1-2H3. The van der Waals surface area contributed by atoms with Crippen LogP contribution in [-0.4, -0.2) is 16.7 Å². The molecule has 17 heavy (non-hydrogen) atoms. The molecule has 0 unspecified atom stereocenters. The van der Waals surface area contributed by atoms with Crippen molar-refractivity contribution in [3.05, 3.63) is 47.1 Å². The molecule has 0 radical (unpaired) electrons. The second-order valence-electron chi connectivity index (χ2n) is 4.19. The molecule has 2 rings (SSSR count). The maximum Gasteiger partial charge on any atom is 0.227 e. The minimum atomic E-state index is 0.679. The zero-order valence-corrected chi connectivity index (χ0v) is 10.2. The van der Waals surface area contributed by atoms with Crippen LogP contribution in [0, 0.1) is 13.8 Å². The summed E-state index contributed by atoms with van der Waals surface area (Å²) in [6.45, 7) is 5.97. The number of hydrogen-bond donors (Lipinski definition) is 1. The molecule has 0 amide bonds. The number of aryl methyl sites for hydroxylation is 2. The topological polar surface area (TPSA) is 51.0 Å². The Morgan fingerprint density at radius 2 is 2.18 bits per heavy atom. The number of nitrogens with one attached hydrogen (secondary N) is 1. The van der Waals surface area contributed by atoms with Crippen LogP contribution in [0.3, 0.4) is 0 Å². The molecule has 90 valence electrons. The van der Waals surface area contributed by atoms with Gasteiger partial charge in [-0.1, -0.05) is 28.9 Å². The van der Waals surface area contributed by atoms with Crippen LogP contribution in [0.1, 0.15) is 22.6 Å². The van der Waals surface area contributed by atoms with Crippen molar-refractivity contribution >= 4 is 0 Å². The molecule has 1 aromatic carbocycles. The zero-order valence-electron chi connectivity index (χ0n) is 10.2. The average molecular weight is 231 g/mol. The second-order valence-corrected chi connectivity index (χ2v) is 4.19. The SMILES string of the molecule is Cc1ccc(C)c(CNCCc2ncno2)c1. The highest BCUT2D eigenvalue weighted by Gasteiger charge is 2.00. The molecule has 0 aliphatic rings. The number of hydrogen-bond acceptors (Lipinski definition) is 4. The molecule has 2 aromatic rings. The van der Waals surface area contributed by atoms with E-state index in [-0.39, 0.29) is 0 Å². The highest BCUT2D eigenvalue weighted by atomic mass is 16.5. The van der Waals surface area contributed by atoms with Gasteiger partial charge in [0.05, 0.1) is 0 Å². The van der Waals surface area contributed by atoms with E-state index in [0.717, 1.165) is 19.5 Å². The maximum atomic E-state index is 4.93. The lowest BCUT2D eigenvalue weighted by molar-refractivity contribution is 0.375. The summed E-state index contributed by atoms with van der Waals surface area (Å²) in [5, 5.41) is 6.95. The van der Waals surface area contributed by atoms with Gasteiger partial charge in [-0.05, 0) is 25.0 Å². The Hall–Kier alpha value is -1.68. The second kappa shape index (κ2) is 5.59. The third-order valence-electron chi connectivity index (χ3n) is 2.74. The minimum absolute atomic E-state index is 0.679. The van der Waals surface area contributed by atoms with Crippen molar-refractivity contribution in [2.45, 2.75) is 26.8 Å². The molecule has 0 saturated heterocycles. The Kier molecular flexibility index (Phi) is 3.88. The molecule has 0 aliphatic carbocycles. The van der Waals surface area contributed by atoms with Gasteiger partial charge in [0.1, 0.15) is 0 Å². The van der Waals surface area contributed by atoms with Crippen molar-refractivity contribution in [1.29, 1.82) is 0 Å². The molecule has 0 aliphatic heterocycles. The number of rotatable bonds is 5. The van der Waals surface area contributed by atoms with Crippen LogP contribution in [0.4, 0.5) is 0 Å². The average Bonchev–Trinajstić information content (AvgIpc) is 2.82. The zero-order chi connectivity index (χ0) is 12.1. The predicted octanol–water partition coefficient (Wildman–Crippen LogP) is 2.02. The van der Waals surface area contributed by atoms with Gasteiger partial charge in [-0.3, -0.25) is 0 Å². The van der Waals surface area contributed by atoms with Gasteiger partial charge in [0, 0.05) is 19.5 Å². The van der Waals surface area contributed by atoms with Crippen LogP contribution in [0.5, 0.6) is 0 Å². The van der Waals surface area contributed by atoms with Gasteiger partial charge in [-0.15, -0.1) is 0 Å². The molecule has 1 aromatic heterocycles.